The lowest BCUT2D eigenvalue weighted by Gasteiger charge is -2.11. The molecule has 0 saturated heterocycles. The van der Waals surface area contributed by atoms with Crippen molar-refractivity contribution in [3.05, 3.63) is 35.4 Å². The van der Waals surface area contributed by atoms with Crippen molar-refractivity contribution >= 4 is 0 Å². The molecule has 3 N–H and O–H groups in total. The van der Waals surface area contributed by atoms with Crippen molar-refractivity contribution in [1.82, 2.24) is 5.32 Å². The predicted molar refractivity (Wildman–Crippen MR) is 60.7 cm³/mol. The first-order chi connectivity index (χ1) is 7.13. The molecule has 0 radical (unpaired) electrons. The Bertz CT molecular complexity index is 282. The Hall–Kier alpha value is -0.900. The van der Waals surface area contributed by atoms with E-state index < -0.39 is 6.10 Å². The van der Waals surface area contributed by atoms with Gasteiger partial charge < -0.3 is 15.5 Å². The van der Waals surface area contributed by atoms with Gasteiger partial charge in [0.25, 0.3) is 0 Å². The predicted octanol–water partition coefficient (Wildman–Crippen LogP) is 0.863. The summed E-state index contributed by atoms with van der Waals surface area (Å²) < 4.78 is 0. The zero-order chi connectivity index (χ0) is 11.3. The molecule has 15 heavy (non-hydrogen) atoms. The molecule has 2 unspecified atom stereocenters. The molecule has 1 rings (SSSR count). The van der Waals surface area contributed by atoms with Gasteiger partial charge in [0.15, 0.2) is 0 Å². The second kappa shape index (κ2) is 5.85. The molecule has 0 fully saturated rings. The highest BCUT2D eigenvalue weighted by atomic mass is 16.3. The van der Waals surface area contributed by atoms with Gasteiger partial charge in [0.05, 0.1) is 12.2 Å². The maximum atomic E-state index is 9.68. The van der Waals surface area contributed by atoms with Crippen LogP contribution in [0, 0.1) is 0 Å². The summed E-state index contributed by atoms with van der Waals surface area (Å²) in [6.07, 6.45) is -0.128. The zero-order valence-corrected chi connectivity index (χ0v) is 9.27. The van der Waals surface area contributed by atoms with Gasteiger partial charge in [-0.05, 0) is 31.5 Å². The van der Waals surface area contributed by atoms with Crippen LogP contribution in [0.1, 0.15) is 24.2 Å². The standard InChI is InChI=1S/C12H19NO2/c1-9(14)7-10-3-5-11(6-4-10)12(15)8-13-2/h3-6,9,12-15H,7-8H2,1-2H3. The molecule has 0 saturated carbocycles. The monoisotopic (exact) mass is 209 g/mol. The van der Waals surface area contributed by atoms with Gasteiger partial charge in [-0.3, -0.25) is 0 Å². The summed E-state index contributed by atoms with van der Waals surface area (Å²) in [5, 5.41) is 21.8. The molecule has 0 heterocycles. The third-order valence-electron chi connectivity index (χ3n) is 2.29. The minimum absolute atomic E-state index is 0.321. The summed E-state index contributed by atoms with van der Waals surface area (Å²) in [5.41, 5.74) is 1.99. The van der Waals surface area contributed by atoms with E-state index in [0.29, 0.717) is 13.0 Å². The van der Waals surface area contributed by atoms with E-state index in [1.807, 2.05) is 31.3 Å². The molecule has 3 heteroatoms. The fourth-order valence-electron chi connectivity index (χ4n) is 1.53. The van der Waals surface area contributed by atoms with Crippen LogP contribution in [0.15, 0.2) is 24.3 Å². The first-order valence-electron chi connectivity index (χ1n) is 5.23. The van der Waals surface area contributed by atoms with Gasteiger partial charge in [-0.15, -0.1) is 0 Å². The van der Waals surface area contributed by atoms with Gasteiger partial charge >= 0.3 is 0 Å². The average molecular weight is 209 g/mol. The Morgan fingerprint density at radius 1 is 1.20 bits per heavy atom. The third kappa shape index (κ3) is 4.00. The Balaban J connectivity index is 2.63. The number of nitrogens with one attached hydrogen (secondary N) is 1. The van der Waals surface area contributed by atoms with E-state index in [4.69, 9.17) is 0 Å². The average Bonchev–Trinajstić information content (AvgIpc) is 2.18. The van der Waals surface area contributed by atoms with E-state index in [2.05, 4.69) is 5.32 Å². The minimum Gasteiger partial charge on any atom is -0.393 e. The van der Waals surface area contributed by atoms with Crippen LogP contribution in [0.3, 0.4) is 0 Å². The molecule has 2 atom stereocenters. The molecule has 0 bridgehead atoms. The summed E-state index contributed by atoms with van der Waals surface area (Å²) in [4.78, 5) is 0. The summed E-state index contributed by atoms with van der Waals surface area (Å²) in [7, 11) is 1.81. The van der Waals surface area contributed by atoms with E-state index >= 15 is 0 Å². The topological polar surface area (TPSA) is 52.5 Å². The molecule has 1 aromatic carbocycles. The lowest BCUT2D eigenvalue weighted by Crippen LogP contribution is -2.16. The number of rotatable bonds is 5. The molecule has 0 aromatic heterocycles. The van der Waals surface area contributed by atoms with E-state index in [1.54, 1.807) is 6.92 Å². The van der Waals surface area contributed by atoms with Crippen molar-refractivity contribution in [2.24, 2.45) is 0 Å². The molecular weight excluding hydrogens is 190 g/mol. The molecule has 84 valence electrons. The van der Waals surface area contributed by atoms with E-state index in [1.165, 1.54) is 0 Å². The largest absolute Gasteiger partial charge is 0.393 e. The van der Waals surface area contributed by atoms with Crippen molar-refractivity contribution in [3.63, 3.8) is 0 Å². The van der Waals surface area contributed by atoms with E-state index in [-0.39, 0.29) is 6.10 Å². The van der Waals surface area contributed by atoms with Gasteiger partial charge in [0.2, 0.25) is 0 Å². The van der Waals surface area contributed by atoms with Crippen molar-refractivity contribution in [2.45, 2.75) is 25.6 Å². The zero-order valence-electron chi connectivity index (χ0n) is 9.27. The van der Waals surface area contributed by atoms with E-state index in [9.17, 15) is 10.2 Å². The summed E-state index contributed by atoms with van der Waals surface area (Å²) in [6, 6.07) is 7.70. The van der Waals surface area contributed by atoms with E-state index in [0.717, 1.165) is 11.1 Å². The Morgan fingerprint density at radius 2 is 1.80 bits per heavy atom. The van der Waals surface area contributed by atoms with Gasteiger partial charge in [-0.25, -0.2) is 0 Å². The Kier molecular flexibility index (Phi) is 4.75. The van der Waals surface area contributed by atoms with Crippen LogP contribution >= 0.6 is 0 Å². The van der Waals surface area contributed by atoms with Crippen LogP contribution in [-0.4, -0.2) is 29.9 Å². The fraction of sp³-hybridized carbons (Fsp3) is 0.500. The van der Waals surface area contributed by atoms with Gasteiger partial charge in [-0.2, -0.15) is 0 Å². The molecule has 0 aliphatic carbocycles. The molecule has 0 amide bonds. The minimum atomic E-state index is -0.462. The molecular formula is C12H19NO2. The number of aliphatic hydroxyl groups is 2. The van der Waals surface area contributed by atoms with Crippen molar-refractivity contribution in [2.75, 3.05) is 13.6 Å². The maximum Gasteiger partial charge on any atom is 0.0914 e. The smallest absolute Gasteiger partial charge is 0.0914 e. The molecule has 3 nitrogen and oxygen atoms in total. The number of benzene rings is 1. The highest BCUT2D eigenvalue weighted by molar-refractivity contribution is 5.24. The van der Waals surface area contributed by atoms with Crippen LogP contribution in [0.25, 0.3) is 0 Å². The second-order valence-electron chi connectivity index (χ2n) is 3.87. The van der Waals surface area contributed by atoms with Crippen molar-refractivity contribution in [3.8, 4) is 0 Å². The maximum absolute atomic E-state index is 9.68. The SMILES string of the molecule is CNCC(O)c1ccc(CC(C)O)cc1. The molecule has 1 aromatic rings. The number of hydrogen-bond donors (Lipinski definition) is 3. The van der Waals surface area contributed by atoms with Crippen LogP contribution < -0.4 is 5.32 Å². The first kappa shape index (κ1) is 12.2. The molecule has 0 aliphatic heterocycles. The summed E-state index contributed by atoms with van der Waals surface area (Å²) >= 11 is 0. The lowest BCUT2D eigenvalue weighted by atomic mass is 10.0. The normalized spacial score (nSPS) is 14.9. The van der Waals surface area contributed by atoms with Gasteiger partial charge in [0.1, 0.15) is 0 Å². The van der Waals surface area contributed by atoms with Gasteiger partial charge in [0, 0.05) is 6.54 Å². The van der Waals surface area contributed by atoms with Crippen molar-refractivity contribution < 1.29 is 10.2 Å². The van der Waals surface area contributed by atoms with Gasteiger partial charge in [-0.1, -0.05) is 24.3 Å². The van der Waals surface area contributed by atoms with Crippen LogP contribution in [0.5, 0.6) is 0 Å². The Morgan fingerprint density at radius 3 is 2.27 bits per heavy atom. The highest BCUT2D eigenvalue weighted by Gasteiger charge is 2.06. The molecule has 0 spiro atoms. The Labute approximate surface area is 90.8 Å². The molecule has 0 aliphatic rings. The van der Waals surface area contributed by atoms with Crippen LogP contribution in [-0.2, 0) is 6.42 Å². The highest BCUT2D eigenvalue weighted by Crippen LogP contribution is 2.13. The first-order valence-corrected chi connectivity index (χ1v) is 5.23. The third-order valence-corrected chi connectivity index (χ3v) is 2.29. The fourth-order valence-corrected chi connectivity index (χ4v) is 1.53. The number of hydrogen-bond acceptors (Lipinski definition) is 3. The number of likely N-dealkylation sites (N-methyl/N-ethyl adjacent to an activating group) is 1. The summed E-state index contributed by atoms with van der Waals surface area (Å²) in [5.74, 6) is 0. The van der Waals surface area contributed by atoms with Crippen LogP contribution in [0.2, 0.25) is 0 Å². The number of aliphatic hydroxyl groups excluding tert-OH is 2. The second-order valence-corrected chi connectivity index (χ2v) is 3.87. The summed E-state index contributed by atoms with van der Waals surface area (Å²) in [6.45, 7) is 2.32. The lowest BCUT2D eigenvalue weighted by molar-refractivity contribution is 0.177. The van der Waals surface area contributed by atoms with Crippen LogP contribution in [0.4, 0.5) is 0 Å². The quantitative estimate of drug-likeness (QED) is 0.674. The van der Waals surface area contributed by atoms with Crippen molar-refractivity contribution in [1.29, 1.82) is 0 Å².